The van der Waals surface area contributed by atoms with Crippen molar-refractivity contribution in [2.75, 3.05) is 0 Å². The summed E-state index contributed by atoms with van der Waals surface area (Å²) in [4.78, 5) is 0. The number of hydrogen-bond acceptors (Lipinski definition) is 3. The molecule has 90 valence electrons. The van der Waals surface area contributed by atoms with E-state index < -0.39 is 0 Å². The van der Waals surface area contributed by atoms with Crippen molar-refractivity contribution in [2.45, 2.75) is 51.0 Å². The lowest BCUT2D eigenvalue weighted by atomic mass is 9.44. The second kappa shape index (κ2) is 4.64. The molecule has 1 unspecified atom stereocenters. The van der Waals surface area contributed by atoms with Crippen molar-refractivity contribution < 1.29 is 0 Å². The first-order valence-electron chi connectivity index (χ1n) is 5.87. The zero-order valence-electron chi connectivity index (χ0n) is 10.8. The average Bonchev–Trinajstić information content (AvgIpc) is 2.13. The van der Waals surface area contributed by atoms with Gasteiger partial charge in [-0.1, -0.05) is 12.1 Å². The van der Waals surface area contributed by atoms with E-state index in [0.29, 0.717) is 5.82 Å². The van der Waals surface area contributed by atoms with Crippen LogP contribution in [0.5, 0.6) is 0 Å². The lowest BCUT2D eigenvalue weighted by Crippen LogP contribution is -2.52. The molecule has 3 nitrogen and oxygen atoms in total. The van der Waals surface area contributed by atoms with Gasteiger partial charge in [0.15, 0.2) is 0 Å². The normalized spacial score (nSPS) is 18.5. The molecule has 1 atom stereocenters. The average molecular weight is 221 g/mol. The monoisotopic (exact) mass is 221 g/mol. The largest absolute Gasteiger partial charge is 0.430 e. The van der Waals surface area contributed by atoms with Crippen molar-refractivity contribution in [1.82, 2.24) is 5.23 Å². The molecule has 0 aromatic carbocycles. The molecule has 1 rings (SSSR count). The third-order valence-electron chi connectivity index (χ3n) is 2.95. The Morgan fingerprint density at radius 2 is 1.81 bits per heavy atom. The van der Waals surface area contributed by atoms with Gasteiger partial charge in [0.2, 0.25) is 0 Å². The summed E-state index contributed by atoms with van der Waals surface area (Å²) in [7, 11) is 0. The molecule has 0 amide bonds. The van der Waals surface area contributed by atoms with E-state index in [0.717, 1.165) is 6.42 Å². The quantitative estimate of drug-likeness (QED) is 0.629. The highest BCUT2D eigenvalue weighted by Gasteiger charge is 2.37. The van der Waals surface area contributed by atoms with Crippen molar-refractivity contribution in [1.29, 1.82) is 0 Å². The molecule has 0 aliphatic carbocycles. The van der Waals surface area contributed by atoms with Crippen LogP contribution in [-0.2, 0) is 0 Å². The smallest absolute Gasteiger partial charge is 0.283 e. The molecule has 1 aliphatic heterocycles. The lowest BCUT2D eigenvalue weighted by molar-refractivity contribution is 0.370. The minimum atomic E-state index is -0.246. The summed E-state index contributed by atoms with van der Waals surface area (Å²) >= 11 is 0. The van der Waals surface area contributed by atoms with Gasteiger partial charge in [0, 0.05) is 11.1 Å². The molecule has 4 heteroatoms. The van der Waals surface area contributed by atoms with Gasteiger partial charge in [-0.2, -0.15) is 0 Å². The van der Waals surface area contributed by atoms with Crippen LogP contribution in [0.2, 0.25) is 5.82 Å². The van der Waals surface area contributed by atoms with Gasteiger partial charge >= 0.3 is 0 Å². The summed E-state index contributed by atoms with van der Waals surface area (Å²) in [6, 6.07) is 0. The van der Waals surface area contributed by atoms with E-state index in [2.05, 4.69) is 31.1 Å². The van der Waals surface area contributed by atoms with E-state index in [1.807, 2.05) is 26.1 Å². The summed E-state index contributed by atoms with van der Waals surface area (Å²) in [5, 5.41) is 3.35. The summed E-state index contributed by atoms with van der Waals surface area (Å²) in [5.74, 6) is 2.47. The van der Waals surface area contributed by atoms with Crippen LogP contribution in [0.4, 0.5) is 0 Å². The maximum Gasteiger partial charge on any atom is 0.283 e. The predicted molar refractivity (Wildman–Crippen MR) is 72.1 cm³/mol. The van der Waals surface area contributed by atoms with Gasteiger partial charge in [0.25, 0.3) is 6.85 Å². The van der Waals surface area contributed by atoms with E-state index in [4.69, 9.17) is 11.5 Å². The molecule has 0 fully saturated rings. The molecule has 0 bridgehead atoms. The third kappa shape index (κ3) is 4.03. The Bertz CT molecular complexity index is 284. The first-order valence-corrected chi connectivity index (χ1v) is 5.87. The van der Waals surface area contributed by atoms with Crippen LogP contribution in [0, 0.1) is 0 Å². The number of nitrogens with two attached hydrogens (primary N) is 2. The second-order valence-corrected chi connectivity index (χ2v) is 6.06. The number of allylic oxidation sites excluding steroid dienone is 2. The lowest BCUT2D eigenvalue weighted by Gasteiger charge is -2.38. The van der Waals surface area contributed by atoms with Gasteiger partial charge in [0.1, 0.15) is 0 Å². The highest BCUT2D eigenvalue weighted by Crippen LogP contribution is 2.31. The van der Waals surface area contributed by atoms with E-state index in [9.17, 15) is 0 Å². The zero-order chi connectivity index (χ0) is 12.4. The Balaban J connectivity index is 2.80. The molecule has 0 radical (unpaired) electrons. The summed E-state index contributed by atoms with van der Waals surface area (Å²) in [6.45, 7) is 8.50. The van der Waals surface area contributed by atoms with Crippen LogP contribution in [0.15, 0.2) is 24.3 Å². The Labute approximate surface area is 99.4 Å². The van der Waals surface area contributed by atoms with E-state index in [1.54, 1.807) is 0 Å². The van der Waals surface area contributed by atoms with Crippen LogP contribution < -0.4 is 16.7 Å². The summed E-state index contributed by atoms with van der Waals surface area (Å²) < 4.78 is 0. The Kier molecular flexibility index (Phi) is 3.86. The fourth-order valence-corrected chi connectivity index (χ4v) is 2.13. The van der Waals surface area contributed by atoms with E-state index in [-0.39, 0.29) is 17.9 Å². The number of rotatable bonds is 4. The first kappa shape index (κ1) is 13.3. The molecular formula is C12H24BN3. The maximum atomic E-state index is 6.26. The van der Waals surface area contributed by atoms with Crippen LogP contribution in [0.3, 0.4) is 0 Å². The SMILES string of the molecule is CC(C)(N)CC(B1C=CC=CN1)C(C)(C)N. The molecule has 0 spiro atoms. The Morgan fingerprint density at radius 1 is 1.19 bits per heavy atom. The molecule has 5 N–H and O–H groups in total. The molecule has 0 aromatic heterocycles. The van der Waals surface area contributed by atoms with Crippen molar-refractivity contribution >= 4 is 6.85 Å². The minimum absolute atomic E-state index is 0.196. The molecule has 1 aliphatic rings. The molecule has 1 heterocycles. The third-order valence-corrected chi connectivity index (χ3v) is 2.95. The maximum absolute atomic E-state index is 6.26. The topological polar surface area (TPSA) is 64.1 Å². The fraction of sp³-hybridized carbons (Fsp3) is 0.667. The molecule has 0 aromatic rings. The zero-order valence-corrected chi connectivity index (χ0v) is 10.8. The first-order chi connectivity index (χ1) is 7.20. The van der Waals surface area contributed by atoms with Gasteiger partial charge in [-0.3, -0.25) is 0 Å². The van der Waals surface area contributed by atoms with Gasteiger partial charge in [0.05, 0.1) is 0 Å². The van der Waals surface area contributed by atoms with Gasteiger partial charge < -0.3 is 16.7 Å². The van der Waals surface area contributed by atoms with Crippen molar-refractivity contribution in [2.24, 2.45) is 11.5 Å². The summed E-state index contributed by atoms with van der Waals surface area (Å²) in [5.41, 5.74) is 11.9. The molecule has 16 heavy (non-hydrogen) atoms. The standard InChI is InChI=1S/C12H24BN3/c1-11(2,14)9-10(12(3,4)15)13-7-5-6-8-16-13/h5-8,10,16H,9,14-15H2,1-4H3. The van der Waals surface area contributed by atoms with Crippen molar-refractivity contribution in [3.63, 3.8) is 0 Å². The van der Waals surface area contributed by atoms with Crippen molar-refractivity contribution in [3.05, 3.63) is 24.3 Å². The minimum Gasteiger partial charge on any atom is -0.430 e. The van der Waals surface area contributed by atoms with Crippen LogP contribution in [0.1, 0.15) is 34.1 Å². The van der Waals surface area contributed by atoms with Crippen LogP contribution in [-0.4, -0.2) is 17.9 Å². The second-order valence-electron chi connectivity index (χ2n) is 6.06. The molecule has 0 saturated carbocycles. The predicted octanol–water partition coefficient (Wildman–Crippen LogP) is 1.43. The highest BCUT2D eigenvalue weighted by atomic mass is 14.8. The Morgan fingerprint density at radius 3 is 2.19 bits per heavy atom. The summed E-state index contributed by atoms with van der Waals surface area (Å²) in [6.07, 6.45) is 6.91. The van der Waals surface area contributed by atoms with Gasteiger partial charge in [-0.05, 0) is 52.2 Å². The number of nitrogens with one attached hydrogen (secondary N) is 1. The molecular weight excluding hydrogens is 197 g/mol. The Hall–Kier alpha value is -0.735. The number of hydrogen-bond donors (Lipinski definition) is 3. The van der Waals surface area contributed by atoms with E-state index >= 15 is 0 Å². The molecule has 0 saturated heterocycles. The van der Waals surface area contributed by atoms with E-state index in [1.165, 1.54) is 0 Å². The highest BCUT2D eigenvalue weighted by molar-refractivity contribution is 6.64. The van der Waals surface area contributed by atoms with Gasteiger partial charge in [-0.25, -0.2) is 0 Å². The van der Waals surface area contributed by atoms with Crippen LogP contribution >= 0.6 is 0 Å². The van der Waals surface area contributed by atoms with Crippen LogP contribution in [0.25, 0.3) is 0 Å². The fourth-order valence-electron chi connectivity index (χ4n) is 2.13. The van der Waals surface area contributed by atoms with Crippen molar-refractivity contribution in [3.8, 4) is 0 Å². The van der Waals surface area contributed by atoms with Gasteiger partial charge in [-0.15, -0.1) is 0 Å².